The van der Waals surface area contributed by atoms with Gasteiger partial charge in [0, 0.05) is 18.3 Å². The summed E-state index contributed by atoms with van der Waals surface area (Å²) in [7, 11) is 1.60. The number of benzene rings is 2. The maximum atomic E-state index is 12.9. The first-order valence-electron chi connectivity index (χ1n) is 8.41. The normalized spacial score (nSPS) is 10.3. The number of halogens is 1. The molecule has 0 fully saturated rings. The van der Waals surface area contributed by atoms with Crippen molar-refractivity contribution < 1.29 is 13.9 Å². The summed E-state index contributed by atoms with van der Waals surface area (Å²) in [5.74, 6) is 0.662. The molecule has 0 unspecified atom stereocenters. The number of anilines is 2. The van der Waals surface area contributed by atoms with Gasteiger partial charge in [0.05, 0.1) is 7.11 Å². The fourth-order valence-electron chi connectivity index (χ4n) is 2.43. The SMILES string of the molecule is COc1cccc(Nc2ccc(C(=O)NCCc3ccc(F)cc3)nn2)c1. The van der Waals surface area contributed by atoms with Crippen molar-refractivity contribution in [2.45, 2.75) is 6.42 Å². The van der Waals surface area contributed by atoms with E-state index >= 15 is 0 Å². The molecule has 0 saturated heterocycles. The van der Waals surface area contributed by atoms with Crippen molar-refractivity contribution in [1.29, 1.82) is 0 Å². The lowest BCUT2D eigenvalue weighted by molar-refractivity contribution is 0.0948. The molecule has 2 N–H and O–H groups in total. The third-order valence-electron chi connectivity index (χ3n) is 3.85. The summed E-state index contributed by atoms with van der Waals surface area (Å²) in [6.45, 7) is 0.427. The van der Waals surface area contributed by atoms with Crippen molar-refractivity contribution in [3.8, 4) is 5.75 Å². The van der Waals surface area contributed by atoms with Gasteiger partial charge in [0.2, 0.25) is 0 Å². The molecule has 1 heterocycles. The third kappa shape index (κ3) is 5.24. The number of carbonyl (C=O) groups excluding carboxylic acids is 1. The van der Waals surface area contributed by atoms with E-state index in [1.165, 1.54) is 12.1 Å². The maximum Gasteiger partial charge on any atom is 0.271 e. The van der Waals surface area contributed by atoms with E-state index < -0.39 is 0 Å². The van der Waals surface area contributed by atoms with E-state index in [4.69, 9.17) is 4.74 Å². The van der Waals surface area contributed by atoms with Crippen LogP contribution in [0.25, 0.3) is 0 Å². The zero-order chi connectivity index (χ0) is 19.1. The minimum atomic E-state index is -0.308. The summed E-state index contributed by atoms with van der Waals surface area (Å²) in [5, 5.41) is 13.8. The molecule has 0 spiro atoms. The van der Waals surface area contributed by atoms with Crippen LogP contribution < -0.4 is 15.4 Å². The zero-order valence-electron chi connectivity index (χ0n) is 14.8. The van der Waals surface area contributed by atoms with Crippen LogP contribution in [-0.2, 0) is 6.42 Å². The van der Waals surface area contributed by atoms with E-state index in [2.05, 4.69) is 20.8 Å². The smallest absolute Gasteiger partial charge is 0.271 e. The average molecular weight is 366 g/mol. The number of ether oxygens (including phenoxy) is 1. The Morgan fingerprint density at radius 1 is 1.07 bits per heavy atom. The van der Waals surface area contributed by atoms with Gasteiger partial charge in [0.15, 0.2) is 11.5 Å². The number of aromatic nitrogens is 2. The number of amides is 1. The minimum Gasteiger partial charge on any atom is -0.497 e. The van der Waals surface area contributed by atoms with Crippen molar-refractivity contribution in [2.24, 2.45) is 0 Å². The molecule has 3 aromatic rings. The highest BCUT2D eigenvalue weighted by atomic mass is 19.1. The zero-order valence-corrected chi connectivity index (χ0v) is 14.8. The molecule has 138 valence electrons. The monoisotopic (exact) mass is 366 g/mol. The molecule has 2 aromatic carbocycles. The molecule has 7 heteroatoms. The number of methoxy groups -OCH3 is 1. The summed E-state index contributed by atoms with van der Waals surface area (Å²) in [4.78, 5) is 12.1. The summed E-state index contributed by atoms with van der Waals surface area (Å²) in [6.07, 6.45) is 0.606. The molecule has 0 saturated carbocycles. The molecule has 3 rings (SSSR count). The standard InChI is InChI=1S/C20H19FN4O2/c1-27-17-4-2-3-16(13-17)23-19-10-9-18(24-25-19)20(26)22-12-11-14-5-7-15(21)8-6-14/h2-10,13H,11-12H2,1H3,(H,22,26)(H,23,25). The Balaban J connectivity index is 1.52. The Labute approximate surface area is 156 Å². The predicted octanol–water partition coefficient (Wildman–Crippen LogP) is 3.34. The molecule has 0 radical (unpaired) electrons. The lowest BCUT2D eigenvalue weighted by Gasteiger charge is -2.08. The Morgan fingerprint density at radius 3 is 2.59 bits per heavy atom. The van der Waals surface area contributed by atoms with Gasteiger partial charge in [-0.2, -0.15) is 0 Å². The molecule has 1 amide bonds. The van der Waals surface area contributed by atoms with Gasteiger partial charge in [-0.25, -0.2) is 4.39 Å². The van der Waals surface area contributed by atoms with Gasteiger partial charge >= 0.3 is 0 Å². The second kappa shape index (κ2) is 8.75. The molecule has 0 aliphatic heterocycles. The largest absolute Gasteiger partial charge is 0.497 e. The molecule has 27 heavy (non-hydrogen) atoms. The van der Waals surface area contributed by atoms with Crippen molar-refractivity contribution >= 4 is 17.4 Å². The first-order chi connectivity index (χ1) is 13.1. The third-order valence-corrected chi connectivity index (χ3v) is 3.85. The van der Waals surface area contributed by atoms with Crippen LogP contribution in [0.1, 0.15) is 16.1 Å². The van der Waals surface area contributed by atoms with E-state index in [1.807, 2.05) is 24.3 Å². The number of rotatable bonds is 7. The van der Waals surface area contributed by atoms with E-state index in [9.17, 15) is 9.18 Å². The second-order valence-corrected chi connectivity index (χ2v) is 5.79. The molecule has 0 bridgehead atoms. The van der Waals surface area contributed by atoms with E-state index in [0.29, 0.717) is 18.8 Å². The average Bonchev–Trinajstić information content (AvgIpc) is 2.70. The highest BCUT2D eigenvalue weighted by Gasteiger charge is 2.08. The summed E-state index contributed by atoms with van der Waals surface area (Å²) in [5.41, 5.74) is 1.98. The van der Waals surface area contributed by atoms with Gasteiger partial charge in [-0.1, -0.05) is 18.2 Å². The number of hydrogen-bond donors (Lipinski definition) is 2. The van der Waals surface area contributed by atoms with Gasteiger partial charge < -0.3 is 15.4 Å². The molecule has 0 aliphatic rings. The Bertz CT molecular complexity index is 899. The van der Waals surface area contributed by atoms with Crippen LogP contribution >= 0.6 is 0 Å². The molecular weight excluding hydrogens is 347 g/mol. The Morgan fingerprint density at radius 2 is 1.89 bits per heavy atom. The number of nitrogens with zero attached hydrogens (tertiary/aromatic N) is 2. The molecule has 0 aliphatic carbocycles. The van der Waals surface area contributed by atoms with Crippen molar-refractivity contribution in [1.82, 2.24) is 15.5 Å². The molecule has 1 aromatic heterocycles. The van der Waals surface area contributed by atoms with Crippen molar-refractivity contribution in [3.05, 3.63) is 77.7 Å². The fraction of sp³-hybridized carbons (Fsp3) is 0.150. The Hall–Kier alpha value is -3.48. The highest BCUT2D eigenvalue weighted by molar-refractivity contribution is 5.92. The predicted molar refractivity (Wildman–Crippen MR) is 101 cm³/mol. The van der Waals surface area contributed by atoms with E-state index in [-0.39, 0.29) is 17.4 Å². The molecular formula is C20H19FN4O2. The second-order valence-electron chi connectivity index (χ2n) is 5.79. The van der Waals surface area contributed by atoms with Gasteiger partial charge in [-0.05, 0) is 48.4 Å². The van der Waals surface area contributed by atoms with E-state index in [1.54, 1.807) is 31.4 Å². The lowest BCUT2D eigenvalue weighted by Crippen LogP contribution is -2.26. The summed E-state index contributed by atoms with van der Waals surface area (Å²) < 4.78 is 18.0. The topological polar surface area (TPSA) is 76.1 Å². The quantitative estimate of drug-likeness (QED) is 0.671. The van der Waals surface area contributed by atoms with Gasteiger partial charge in [-0.15, -0.1) is 10.2 Å². The van der Waals surface area contributed by atoms with Crippen LogP contribution in [0.3, 0.4) is 0 Å². The number of nitrogens with one attached hydrogen (secondary N) is 2. The van der Waals surface area contributed by atoms with Crippen LogP contribution in [0.2, 0.25) is 0 Å². The van der Waals surface area contributed by atoms with Gasteiger partial charge in [-0.3, -0.25) is 4.79 Å². The first-order valence-corrected chi connectivity index (χ1v) is 8.41. The van der Waals surface area contributed by atoms with E-state index in [0.717, 1.165) is 17.0 Å². The Kier molecular flexibility index (Phi) is 5.94. The van der Waals surface area contributed by atoms with Crippen LogP contribution in [0.4, 0.5) is 15.9 Å². The lowest BCUT2D eigenvalue weighted by atomic mass is 10.1. The fourth-order valence-corrected chi connectivity index (χ4v) is 2.43. The number of carbonyl (C=O) groups is 1. The number of hydrogen-bond acceptors (Lipinski definition) is 5. The summed E-state index contributed by atoms with van der Waals surface area (Å²) >= 11 is 0. The van der Waals surface area contributed by atoms with Gasteiger partial charge in [0.1, 0.15) is 11.6 Å². The van der Waals surface area contributed by atoms with Crippen LogP contribution in [-0.4, -0.2) is 29.8 Å². The molecule has 0 atom stereocenters. The summed E-state index contributed by atoms with van der Waals surface area (Å²) in [6, 6.07) is 16.9. The van der Waals surface area contributed by atoms with Crippen LogP contribution in [0.5, 0.6) is 5.75 Å². The minimum absolute atomic E-state index is 0.227. The van der Waals surface area contributed by atoms with Crippen molar-refractivity contribution in [2.75, 3.05) is 19.0 Å². The highest BCUT2D eigenvalue weighted by Crippen LogP contribution is 2.19. The van der Waals surface area contributed by atoms with Crippen LogP contribution in [0.15, 0.2) is 60.7 Å². The van der Waals surface area contributed by atoms with Crippen LogP contribution in [0, 0.1) is 5.82 Å². The maximum absolute atomic E-state index is 12.9. The molecule has 6 nitrogen and oxygen atoms in total. The van der Waals surface area contributed by atoms with Crippen molar-refractivity contribution in [3.63, 3.8) is 0 Å². The van der Waals surface area contributed by atoms with Gasteiger partial charge in [0.25, 0.3) is 5.91 Å². The first kappa shape index (κ1) is 18.3.